The number of carbonyl (C=O) groups is 1. The molecule has 0 aliphatic rings. The first kappa shape index (κ1) is 16.5. The fourth-order valence-electron chi connectivity index (χ4n) is 2.91. The van der Waals surface area contributed by atoms with Crippen LogP contribution in [-0.2, 0) is 0 Å². The second kappa shape index (κ2) is 7.09. The minimum atomic E-state index is -0.267. The number of methoxy groups -OCH3 is 1. The van der Waals surface area contributed by atoms with E-state index in [0.717, 1.165) is 16.0 Å². The standard InChI is InChI=1S/C20H17NO4S/c1-23-16-6-2-5-13-11-17(25-19(13)16)20(22)21-12-14(15-7-3-9-24-15)18-8-4-10-26-18/h2-11,14H,12H2,1H3,(H,21,22)/t14-/m1/s1. The minimum Gasteiger partial charge on any atom is -0.493 e. The number of benzene rings is 1. The molecule has 0 radical (unpaired) electrons. The van der Waals surface area contributed by atoms with Gasteiger partial charge in [0.2, 0.25) is 0 Å². The molecular weight excluding hydrogens is 350 g/mol. The van der Waals surface area contributed by atoms with E-state index < -0.39 is 0 Å². The van der Waals surface area contributed by atoms with Gasteiger partial charge < -0.3 is 18.9 Å². The fraction of sp³-hybridized carbons (Fsp3) is 0.150. The van der Waals surface area contributed by atoms with Crippen LogP contribution in [0.4, 0.5) is 0 Å². The van der Waals surface area contributed by atoms with Crippen LogP contribution in [0.1, 0.15) is 27.1 Å². The van der Waals surface area contributed by atoms with Gasteiger partial charge in [0, 0.05) is 16.8 Å². The molecule has 0 fully saturated rings. The lowest BCUT2D eigenvalue weighted by Crippen LogP contribution is -2.28. The number of hydrogen-bond donors (Lipinski definition) is 1. The van der Waals surface area contributed by atoms with Gasteiger partial charge in [-0.3, -0.25) is 4.79 Å². The molecule has 1 atom stereocenters. The molecule has 0 saturated heterocycles. The molecule has 1 aromatic carbocycles. The third-order valence-electron chi connectivity index (χ3n) is 4.19. The maximum absolute atomic E-state index is 12.6. The summed E-state index contributed by atoms with van der Waals surface area (Å²) in [5, 5.41) is 5.79. The molecule has 1 N–H and O–H groups in total. The molecule has 1 amide bonds. The van der Waals surface area contributed by atoms with E-state index in [1.807, 2.05) is 41.8 Å². The molecule has 4 aromatic rings. The first-order valence-electron chi connectivity index (χ1n) is 8.18. The number of furan rings is 2. The van der Waals surface area contributed by atoms with Gasteiger partial charge in [-0.25, -0.2) is 0 Å². The summed E-state index contributed by atoms with van der Waals surface area (Å²) in [7, 11) is 1.58. The van der Waals surface area contributed by atoms with Crippen LogP contribution in [0.3, 0.4) is 0 Å². The van der Waals surface area contributed by atoms with E-state index in [-0.39, 0.29) is 17.6 Å². The zero-order valence-electron chi connectivity index (χ0n) is 14.1. The highest BCUT2D eigenvalue weighted by atomic mass is 32.1. The highest BCUT2D eigenvalue weighted by Crippen LogP contribution is 2.30. The maximum Gasteiger partial charge on any atom is 0.287 e. The second-order valence-corrected chi connectivity index (χ2v) is 6.76. The van der Waals surface area contributed by atoms with Crippen LogP contribution in [0.2, 0.25) is 0 Å². The Bertz CT molecular complexity index is 968. The summed E-state index contributed by atoms with van der Waals surface area (Å²) in [6.07, 6.45) is 1.64. The normalized spacial score (nSPS) is 12.2. The average Bonchev–Trinajstić information content (AvgIpc) is 3.41. The summed E-state index contributed by atoms with van der Waals surface area (Å²) < 4.78 is 16.5. The molecule has 0 spiro atoms. The van der Waals surface area contributed by atoms with Crippen molar-refractivity contribution in [2.24, 2.45) is 0 Å². The van der Waals surface area contributed by atoms with E-state index in [2.05, 4.69) is 5.32 Å². The summed E-state index contributed by atoms with van der Waals surface area (Å²) in [5.41, 5.74) is 0.570. The van der Waals surface area contributed by atoms with Gasteiger partial charge >= 0.3 is 0 Å². The van der Waals surface area contributed by atoms with E-state index >= 15 is 0 Å². The molecule has 3 heterocycles. The van der Waals surface area contributed by atoms with Crippen LogP contribution in [0.25, 0.3) is 11.0 Å². The second-order valence-electron chi connectivity index (χ2n) is 5.78. The van der Waals surface area contributed by atoms with Crippen molar-refractivity contribution in [2.45, 2.75) is 5.92 Å². The summed E-state index contributed by atoms with van der Waals surface area (Å²) >= 11 is 1.63. The zero-order chi connectivity index (χ0) is 17.9. The Morgan fingerprint density at radius 1 is 1.23 bits per heavy atom. The van der Waals surface area contributed by atoms with Crippen molar-refractivity contribution in [3.63, 3.8) is 0 Å². The number of hydrogen-bond acceptors (Lipinski definition) is 5. The molecular formula is C20H17NO4S. The molecule has 0 aliphatic heterocycles. The van der Waals surface area contributed by atoms with Crippen LogP contribution in [0.15, 0.2) is 69.0 Å². The third kappa shape index (κ3) is 3.11. The molecule has 6 heteroatoms. The summed E-state index contributed by atoms with van der Waals surface area (Å²) in [5.74, 6) is 1.38. The van der Waals surface area contributed by atoms with Crippen LogP contribution in [0.5, 0.6) is 5.75 Å². The average molecular weight is 367 g/mol. The number of carbonyl (C=O) groups excluding carboxylic acids is 1. The first-order valence-corrected chi connectivity index (χ1v) is 9.06. The number of nitrogens with one attached hydrogen (secondary N) is 1. The monoisotopic (exact) mass is 367 g/mol. The van der Waals surface area contributed by atoms with Gasteiger partial charge in [0.25, 0.3) is 5.91 Å². The summed E-state index contributed by atoms with van der Waals surface area (Å²) in [6.45, 7) is 0.418. The first-order chi connectivity index (χ1) is 12.8. The van der Waals surface area contributed by atoms with Gasteiger partial charge in [-0.2, -0.15) is 0 Å². The lowest BCUT2D eigenvalue weighted by atomic mass is 10.0. The third-order valence-corrected chi connectivity index (χ3v) is 5.18. The Hall–Kier alpha value is -2.99. The number of fused-ring (bicyclic) bond motifs is 1. The Balaban J connectivity index is 1.54. The molecule has 132 valence electrons. The lowest BCUT2D eigenvalue weighted by Gasteiger charge is -2.13. The maximum atomic E-state index is 12.6. The summed E-state index contributed by atoms with van der Waals surface area (Å²) in [6, 6.07) is 15.1. The highest BCUT2D eigenvalue weighted by Gasteiger charge is 2.21. The predicted octanol–water partition coefficient (Wildman–Crippen LogP) is 4.66. The molecule has 0 saturated carbocycles. The Labute approximate surface area is 154 Å². The van der Waals surface area contributed by atoms with Crippen molar-refractivity contribution in [1.29, 1.82) is 0 Å². The molecule has 0 aliphatic carbocycles. The van der Waals surface area contributed by atoms with E-state index in [1.165, 1.54) is 0 Å². The molecule has 4 rings (SSSR count). The van der Waals surface area contributed by atoms with Crippen LogP contribution >= 0.6 is 11.3 Å². The number of thiophene rings is 1. The predicted molar refractivity (Wildman–Crippen MR) is 100.0 cm³/mol. The SMILES string of the molecule is COc1cccc2cc(C(=O)NC[C@H](c3ccco3)c3cccs3)oc12. The number of rotatable bonds is 6. The highest BCUT2D eigenvalue weighted by molar-refractivity contribution is 7.10. The van der Waals surface area contributed by atoms with Crippen LogP contribution < -0.4 is 10.1 Å². The van der Waals surface area contributed by atoms with E-state index in [9.17, 15) is 4.79 Å². The zero-order valence-corrected chi connectivity index (χ0v) is 14.9. The molecule has 26 heavy (non-hydrogen) atoms. The molecule has 5 nitrogen and oxygen atoms in total. The lowest BCUT2D eigenvalue weighted by molar-refractivity contribution is 0.0926. The molecule has 3 aromatic heterocycles. The fourth-order valence-corrected chi connectivity index (χ4v) is 3.75. The topological polar surface area (TPSA) is 64.6 Å². The van der Waals surface area contributed by atoms with Crippen LogP contribution in [0, 0.1) is 0 Å². The Morgan fingerprint density at radius 2 is 2.15 bits per heavy atom. The van der Waals surface area contributed by atoms with Crippen molar-refractivity contribution in [1.82, 2.24) is 5.32 Å². The largest absolute Gasteiger partial charge is 0.493 e. The molecule has 0 unspecified atom stereocenters. The van der Waals surface area contributed by atoms with Crippen LogP contribution in [-0.4, -0.2) is 19.6 Å². The number of para-hydroxylation sites is 1. The Morgan fingerprint density at radius 3 is 2.88 bits per heavy atom. The van der Waals surface area contributed by atoms with Crippen molar-refractivity contribution >= 4 is 28.2 Å². The van der Waals surface area contributed by atoms with Gasteiger partial charge in [-0.05, 0) is 35.7 Å². The number of ether oxygens (including phenoxy) is 1. The van der Waals surface area contributed by atoms with Crippen molar-refractivity contribution in [2.75, 3.05) is 13.7 Å². The number of amides is 1. The van der Waals surface area contributed by atoms with Crippen molar-refractivity contribution < 1.29 is 18.4 Å². The van der Waals surface area contributed by atoms with E-state index in [1.54, 1.807) is 36.8 Å². The van der Waals surface area contributed by atoms with E-state index in [4.69, 9.17) is 13.6 Å². The van der Waals surface area contributed by atoms with Crippen molar-refractivity contribution in [3.05, 3.63) is 76.6 Å². The minimum absolute atomic E-state index is 0.0344. The Kier molecular flexibility index (Phi) is 4.50. The van der Waals surface area contributed by atoms with E-state index in [0.29, 0.717) is 17.9 Å². The smallest absolute Gasteiger partial charge is 0.287 e. The van der Waals surface area contributed by atoms with Gasteiger partial charge in [0.1, 0.15) is 5.76 Å². The summed E-state index contributed by atoms with van der Waals surface area (Å²) in [4.78, 5) is 13.7. The molecule has 0 bridgehead atoms. The quantitative estimate of drug-likeness (QED) is 0.538. The van der Waals surface area contributed by atoms with Gasteiger partial charge in [0.05, 0.1) is 19.3 Å². The van der Waals surface area contributed by atoms with Gasteiger partial charge in [0.15, 0.2) is 17.1 Å². The van der Waals surface area contributed by atoms with Gasteiger partial charge in [-0.1, -0.05) is 18.2 Å². The van der Waals surface area contributed by atoms with Crippen molar-refractivity contribution in [3.8, 4) is 5.75 Å². The van der Waals surface area contributed by atoms with Gasteiger partial charge in [-0.15, -0.1) is 11.3 Å².